The van der Waals surface area contributed by atoms with Crippen LogP contribution >= 0.6 is 0 Å². The number of fused-ring (bicyclic) bond motifs is 3. The first-order chi connectivity index (χ1) is 36.5. The fourth-order valence-electron chi connectivity index (χ4n) is 11.1. The first kappa shape index (κ1) is 58.0. The van der Waals surface area contributed by atoms with Crippen molar-refractivity contribution in [3.63, 3.8) is 0 Å². The van der Waals surface area contributed by atoms with E-state index in [9.17, 15) is 38.4 Å². The highest BCUT2D eigenvalue weighted by Crippen LogP contribution is 2.35. The molecule has 77 heavy (non-hydrogen) atoms. The van der Waals surface area contributed by atoms with Crippen molar-refractivity contribution in [3.8, 4) is 0 Å². The molecule has 0 bridgehead atoms. The van der Waals surface area contributed by atoms with Crippen molar-refractivity contribution < 1.29 is 38.4 Å². The Balaban J connectivity index is 1.04. The minimum atomic E-state index is -0.979. The molecule has 0 aromatic heterocycles. The summed E-state index contributed by atoms with van der Waals surface area (Å²) in [6.07, 6.45) is 5.11. The summed E-state index contributed by atoms with van der Waals surface area (Å²) in [6.45, 7) is 14.6. The first-order valence-electron chi connectivity index (χ1n) is 27.5. The minimum Gasteiger partial charge on any atom is -0.351 e. The predicted octanol–water partition coefficient (Wildman–Crippen LogP) is 4.41. The van der Waals surface area contributed by atoms with Gasteiger partial charge in [0, 0.05) is 44.1 Å². The van der Waals surface area contributed by atoms with Crippen molar-refractivity contribution in [1.29, 1.82) is 0 Å². The van der Waals surface area contributed by atoms with Crippen LogP contribution in [0.4, 0.5) is 5.69 Å². The van der Waals surface area contributed by atoms with Crippen LogP contribution in [-0.2, 0) is 64.2 Å². The zero-order chi connectivity index (χ0) is 55.9. The molecule has 9 atom stereocenters. The summed E-state index contributed by atoms with van der Waals surface area (Å²) in [5, 5.41) is 24.1. The van der Waals surface area contributed by atoms with Crippen LogP contribution < -0.4 is 42.5 Å². The normalized spacial score (nSPS) is 21.6. The van der Waals surface area contributed by atoms with Gasteiger partial charge in [0.25, 0.3) is 0 Å². The number of anilines is 1. The van der Waals surface area contributed by atoms with Gasteiger partial charge in [0.15, 0.2) is 0 Å². The van der Waals surface area contributed by atoms with E-state index in [1.807, 2.05) is 84.0 Å². The van der Waals surface area contributed by atoms with E-state index >= 15 is 0 Å². The number of benzene rings is 3. The molecule has 0 radical (unpaired) electrons. The lowest BCUT2D eigenvalue weighted by atomic mass is 9.83. The third-order valence-corrected chi connectivity index (χ3v) is 15.9. The number of likely N-dealkylation sites (tertiary alicyclic amines) is 1. The maximum absolute atomic E-state index is 14.9. The molecule has 2 aliphatic heterocycles. The highest BCUT2D eigenvalue weighted by atomic mass is 16.2. The molecule has 3 aromatic rings. The van der Waals surface area contributed by atoms with Crippen LogP contribution in [0.2, 0.25) is 0 Å². The smallest absolute Gasteiger partial charge is 0.246 e. The summed E-state index contributed by atoms with van der Waals surface area (Å²) in [5.74, 6) is -3.06. The van der Waals surface area contributed by atoms with E-state index in [4.69, 9.17) is 0 Å². The third-order valence-electron chi connectivity index (χ3n) is 15.9. The molecule has 0 saturated carbocycles. The number of nitrogens with zero attached hydrogens (tertiary/aromatic N) is 2. The predicted molar refractivity (Wildman–Crippen MR) is 295 cm³/mol. The van der Waals surface area contributed by atoms with Crippen molar-refractivity contribution in [2.45, 2.75) is 181 Å². The van der Waals surface area contributed by atoms with E-state index in [0.717, 1.165) is 60.8 Å². The average molecular weight is 1060 g/mol. The van der Waals surface area contributed by atoms with Gasteiger partial charge in [-0.25, -0.2) is 0 Å². The summed E-state index contributed by atoms with van der Waals surface area (Å²) >= 11 is 0. The molecule has 8 N–H and O–H groups in total. The van der Waals surface area contributed by atoms with Crippen LogP contribution in [0.25, 0.3) is 0 Å². The number of hydrogen-bond acceptors (Lipinski definition) is 10. The molecular formula is C59H82N10O8. The number of likely N-dealkylation sites (N-methyl/N-ethyl adjacent to an activating group) is 2. The van der Waals surface area contributed by atoms with Crippen LogP contribution in [0.5, 0.6) is 0 Å². The standard InChI is InChI=1S/C59H82N10O8/c1-34(60-9)52(72)66-50(58(3,4)5)56(76)68-32-39-29-40(26-25-38(39)30-46(68)54(74)64-44-23-15-19-36-17-11-13-21-42(36)44)62-48(70)27-28-49(71)63-41-31-47(55(75)65-45-24-16-20-37-18-12-14-22-43(37)45)69(33-41)57(77)51(59(6,7)8)67-53(73)35(2)61-10/h11-14,17-18,21-22,25-26,29,34-35,41,44-47,50-51,60-61H,15-16,19-20,23-24,27-28,30-33H2,1-10H3,(H,62,70)(H,63,71)(H,64,74)(H,65,75)(H,66,72)(H,67,73). The first-order valence-corrected chi connectivity index (χ1v) is 27.5. The number of carbonyl (C=O) groups is 8. The number of aryl methyl sites for hydroxylation is 2. The molecule has 1 saturated heterocycles. The monoisotopic (exact) mass is 1060 g/mol. The fraction of sp³-hybridized carbons (Fsp3) is 0.559. The Kier molecular flexibility index (Phi) is 18.7. The van der Waals surface area contributed by atoms with Gasteiger partial charge in [0.05, 0.1) is 24.2 Å². The fourth-order valence-corrected chi connectivity index (χ4v) is 11.1. The lowest BCUT2D eigenvalue weighted by Gasteiger charge is -2.42. The minimum absolute atomic E-state index is 0.0176. The Bertz CT molecular complexity index is 2700. The quantitative estimate of drug-likeness (QED) is 0.0948. The highest BCUT2D eigenvalue weighted by molar-refractivity contribution is 5.97. The van der Waals surface area contributed by atoms with E-state index in [-0.39, 0.29) is 74.5 Å². The molecule has 4 aliphatic rings. The maximum Gasteiger partial charge on any atom is 0.246 e. The van der Waals surface area contributed by atoms with Gasteiger partial charge in [0.1, 0.15) is 24.2 Å². The zero-order valence-corrected chi connectivity index (χ0v) is 46.7. The lowest BCUT2D eigenvalue weighted by Crippen LogP contribution is -2.62. The van der Waals surface area contributed by atoms with Gasteiger partial charge < -0.3 is 52.3 Å². The Morgan fingerprint density at radius 1 is 0.584 bits per heavy atom. The largest absolute Gasteiger partial charge is 0.351 e. The SMILES string of the molecule is CNC(C)C(=O)NC(C(=O)N1Cc2cc(NC(=O)CCC(=O)NC3CC(C(=O)NC4CCCc5ccccc54)N(C(=O)C(NC(=O)C(C)NC)C(C)(C)C)C3)ccc2CC1C(=O)NC1CCCc2ccccc21)C(C)(C)C. The number of rotatable bonds is 17. The molecule has 18 heteroatoms. The van der Waals surface area contributed by atoms with Gasteiger partial charge in [-0.1, -0.05) is 96.1 Å². The molecule has 0 spiro atoms. The van der Waals surface area contributed by atoms with Crippen LogP contribution in [0.15, 0.2) is 66.7 Å². The molecule has 8 amide bonds. The van der Waals surface area contributed by atoms with E-state index in [2.05, 4.69) is 54.7 Å². The highest BCUT2D eigenvalue weighted by Gasteiger charge is 2.47. The molecule has 7 rings (SSSR count). The molecule has 2 aliphatic carbocycles. The molecular weight excluding hydrogens is 977 g/mol. The van der Waals surface area contributed by atoms with Crippen molar-refractivity contribution in [2.75, 3.05) is 26.0 Å². The van der Waals surface area contributed by atoms with E-state index in [0.29, 0.717) is 5.69 Å². The Morgan fingerprint density at radius 3 is 1.60 bits per heavy atom. The Labute approximate surface area is 454 Å². The number of hydrogen-bond donors (Lipinski definition) is 8. The summed E-state index contributed by atoms with van der Waals surface area (Å²) in [7, 11) is 3.32. The molecule has 2 heterocycles. The van der Waals surface area contributed by atoms with Gasteiger partial charge in [-0.05, 0) is 129 Å². The van der Waals surface area contributed by atoms with Crippen LogP contribution in [0.1, 0.15) is 146 Å². The molecule has 18 nitrogen and oxygen atoms in total. The van der Waals surface area contributed by atoms with Crippen molar-refractivity contribution in [1.82, 2.24) is 47.0 Å². The van der Waals surface area contributed by atoms with E-state index in [1.54, 1.807) is 45.0 Å². The zero-order valence-electron chi connectivity index (χ0n) is 46.7. The van der Waals surface area contributed by atoms with Crippen LogP contribution in [0, 0.1) is 10.8 Å². The van der Waals surface area contributed by atoms with Gasteiger partial charge >= 0.3 is 0 Å². The van der Waals surface area contributed by atoms with Gasteiger partial charge in [-0.3, -0.25) is 38.4 Å². The second kappa shape index (κ2) is 24.8. The summed E-state index contributed by atoms with van der Waals surface area (Å²) < 4.78 is 0. The van der Waals surface area contributed by atoms with Gasteiger partial charge in [-0.15, -0.1) is 0 Å². The van der Waals surface area contributed by atoms with Crippen molar-refractivity contribution in [3.05, 3.63) is 100 Å². The lowest BCUT2D eigenvalue weighted by molar-refractivity contribution is -0.147. The van der Waals surface area contributed by atoms with E-state index in [1.165, 1.54) is 16.0 Å². The second-order valence-electron chi connectivity index (χ2n) is 23.7. The number of carbonyl (C=O) groups excluding carboxylic acids is 8. The van der Waals surface area contributed by atoms with Gasteiger partial charge in [-0.2, -0.15) is 0 Å². The topological polar surface area (TPSA) is 239 Å². The Morgan fingerprint density at radius 2 is 1.08 bits per heavy atom. The molecule has 1 fully saturated rings. The van der Waals surface area contributed by atoms with Crippen LogP contribution in [-0.4, -0.2) is 120 Å². The summed E-state index contributed by atoms with van der Waals surface area (Å²) in [5.41, 5.74) is 5.01. The number of amides is 8. The third kappa shape index (κ3) is 14.1. The van der Waals surface area contributed by atoms with Crippen molar-refractivity contribution in [2.24, 2.45) is 10.8 Å². The maximum atomic E-state index is 14.9. The summed E-state index contributed by atoms with van der Waals surface area (Å²) in [4.78, 5) is 115. The number of nitrogens with one attached hydrogen (secondary N) is 8. The van der Waals surface area contributed by atoms with Crippen LogP contribution in [0.3, 0.4) is 0 Å². The molecule has 416 valence electrons. The second-order valence-corrected chi connectivity index (χ2v) is 23.7. The van der Waals surface area contributed by atoms with Gasteiger partial charge in [0.2, 0.25) is 47.3 Å². The molecule has 9 unspecified atom stereocenters. The van der Waals surface area contributed by atoms with E-state index < -0.39 is 76.8 Å². The van der Waals surface area contributed by atoms with Crippen molar-refractivity contribution >= 4 is 52.9 Å². The molecule has 3 aromatic carbocycles. The summed E-state index contributed by atoms with van der Waals surface area (Å²) in [6, 6.07) is 15.4. The Hall–Kier alpha value is -6.66. The average Bonchev–Trinajstić information content (AvgIpc) is 3.83.